The van der Waals surface area contributed by atoms with Crippen molar-refractivity contribution in [2.75, 3.05) is 20.8 Å². The van der Waals surface area contributed by atoms with Gasteiger partial charge in [-0.2, -0.15) is 0 Å². The molecule has 1 heterocycles. The largest absolute Gasteiger partial charge is 0.497 e. The van der Waals surface area contributed by atoms with Crippen LogP contribution in [0.25, 0.3) is 0 Å². The molecule has 4 nitrogen and oxygen atoms in total. The number of rotatable bonds is 7. The maximum absolute atomic E-state index is 12.3. The number of carbonyl (C=O) groups excluding carboxylic acids is 1. The summed E-state index contributed by atoms with van der Waals surface area (Å²) in [5.41, 5.74) is 1.21. The van der Waals surface area contributed by atoms with Crippen LogP contribution in [0.4, 0.5) is 0 Å². The van der Waals surface area contributed by atoms with Crippen molar-refractivity contribution in [2.45, 2.75) is 51.2 Å². The maximum Gasteiger partial charge on any atom is 0.222 e. The van der Waals surface area contributed by atoms with E-state index in [1.54, 1.807) is 7.11 Å². The van der Waals surface area contributed by atoms with Crippen LogP contribution < -0.4 is 4.74 Å². The molecule has 0 N–H and O–H groups in total. The summed E-state index contributed by atoms with van der Waals surface area (Å²) in [6.07, 6.45) is 4.79. The Morgan fingerprint density at radius 2 is 2.14 bits per heavy atom. The number of likely N-dealkylation sites (N-methyl/N-ethyl adjacent to an activating group) is 1. The van der Waals surface area contributed by atoms with Gasteiger partial charge in [0.25, 0.3) is 0 Å². The first kappa shape index (κ1) is 16.8. The van der Waals surface area contributed by atoms with Crippen molar-refractivity contribution in [3.63, 3.8) is 0 Å². The van der Waals surface area contributed by atoms with Crippen LogP contribution >= 0.6 is 0 Å². The second-order valence-electron chi connectivity index (χ2n) is 6.08. The molecule has 2 rings (SSSR count). The summed E-state index contributed by atoms with van der Waals surface area (Å²) < 4.78 is 10.7. The van der Waals surface area contributed by atoms with E-state index in [0.29, 0.717) is 6.42 Å². The van der Waals surface area contributed by atoms with Crippen molar-refractivity contribution in [1.82, 2.24) is 4.90 Å². The molecule has 1 aromatic carbocycles. The topological polar surface area (TPSA) is 38.8 Å². The molecule has 0 saturated carbocycles. The summed E-state index contributed by atoms with van der Waals surface area (Å²) >= 11 is 0. The zero-order valence-electron chi connectivity index (χ0n) is 13.9. The van der Waals surface area contributed by atoms with Gasteiger partial charge in [0.05, 0.1) is 13.2 Å². The number of hydrogen-bond donors (Lipinski definition) is 0. The molecule has 22 heavy (non-hydrogen) atoms. The standard InChI is InChI=1S/C18H27NO3/c1-14(13-15-6-8-16(21-3)9-7-15)19(2)18(20)11-10-17-5-4-12-22-17/h6-9,14,17H,4-5,10-13H2,1-3H3/t14-,17+/m0/s1. The molecule has 2 atom stereocenters. The number of hydrogen-bond acceptors (Lipinski definition) is 3. The lowest BCUT2D eigenvalue weighted by atomic mass is 10.0. The SMILES string of the molecule is COc1ccc(C[C@H](C)N(C)C(=O)CC[C@H]2CCCO2)cc1. The third-order valence-corrected chi connectivity index (χ3v) is 4.45. The van der Waals surface area contributed by atoms with Crippen LogP contribution in [0, 0.1) is 0 Å². The van der Waals surface area contributed by atoms with E-state index in [2.05, 4.69) is 19.1 Å². The van der Waals surface area contributed by atoms with Gasteiger partial charge in [-0.1, -0.05) is 12.1 Å². The third-order valence-electron chi connectivity index (χ3n) is 4.45. The van der Waals surface area contributed by atoms with Crippen molar-refractivity contribution in [2.24, 2.45) is 0 Å². The fourth-order valence-electron chi connectivity index (χ4n) is 2.82. The first-order valence-electron chi connectivity index (χ1n) is 8.10. The van der Waals surface area contributed by atoms with Gasteiger partial charge in [-0.15, -0.1) is 0 Å². The summed E-state index contributed by atoms with van der Waals surface area (Å²) in [6, 6.07) is 8.22. The van der Waals surface area contributed by atoms with E-state index in [-0.39, 0.29) is 18.1 Å². The second-order valence-corrected chi connectivity index (χ2v) is 6.08. The summed E-state index contributed by atoms with van der Waals surface area (Å²) in [6.45, 7) is 2.94. The molecule has 0 unspecified atom stereocenters. The predicted molar refractivity (Wildman–Crippen MR) is 87.1 cm³/mol. The third kappa shape index (κ3) is 4.73. The molecule has 0 bridgehead atoms. The molecule has 0 radical (unpaired) electrons. The molecule has 1 aliphatic rings. The molecular weight excluding hydrogens is 278 g/mol. The average molecular weight is 305 g/mol. The van der Waals surface area contributed by atoms with Crippen LogP contribution in [0.5, 0.6) is 5.75 Å². The fraction of sp³-hybridized carbons (Fsp3) is 0.611. The Morgan fingerprint density at radius 3 is 2.73 bits per heavy atom. The van der Waals surface area contributed by atoms with E-state index in [4.69, 9.17) is 9.47 Å². The fourth-order valence-corrected chi connectivity index (χ4v) is 2.82. The van der Waals surface area contributed by atoms with Crippen molar-refractivity contribution in [1.29, 1.82) is 0 Å². The molecular formula is C18H27NO3. The van der Waals surface area contributed by atoms with Gasteiger partial charge in [-0.25, -0.2) is 0 Å². The van der Waals surface area contributed by atoms with E-state index < -0.39 is 0 Å². The molecule has 122 valence electrons. The van der Waals surface area contributed by atoms with Crippen molar-refractivity contribution in [3.05, 3.63) is 29.8 Å². The second kappa shape index (κ2) is 8.18. The molecule has 1 aliphatic heterocycles. The summed E-state index contributed by atoms with van der Waals surface area (Å²) in [5, 5.41) is 0. The van der Waals surface area contributed by atoms with Gasteiger partial charge in [0.1, 0.15) is 5.75 Å². The van der Waals surface area contributed by atoms with Gasteiger partial charge in [0.15, 0.2) is 0 Å². The van der Waals surface area contributed by atoms with Gasteiger partial charge >= 0.3 is 0 Å². The molecule has 1 fully saturated rings. The van der Waals surface area contributed by atoms with E-state index in [0.717, 1.165) is 38.0 Å². The lowest BCUT2D eigenvalue weighted by Gasteiger charge is -2.25. The molecule has 1 amide bonds. The maximum atomic E-state index is 12.3. The van der Waals surface area contributed by atoms with Gasteiger partial charge in [-0.05, 0) is 50.3 Å². The minimum absolute atomic E-state index is 0.186. The number of amides is 1. The normalized spacial score (nSPS) is 19.0. The highest BCUT2D eigenvalue weighted by Gasteiger charge is 2.20. The minimum atomic E-state index is 0.186. The van der Waals surface area contributed by atoms with Gasteiger partial charge < -0.3 is 14.4 Å². The molecule has 0 spiro atoms. The summed E-state index contributed by atoms with van der Waals surface area (Å²) in [7, 11) is 3.56. The summed E-state index contributed by atoms with van der Waals surface area (Å²) in [4.78, 5) is 14.1. The van der Waals surface area contributed by atoms with Gasteiger partial charge in [-0.3, -0.25) is 4.79 Å². The van der Waals surface area contributed by atoms with Crippen LogP contribution in [-0.2, 0) is 16.0 Å². The van der Waals surface area contributed by atoms with Crippen molar-refractivity contribution in [3.8, 4) is 5.75 Å². The molecule has 4 heteroatoms. The number of carbonyl (C=O) groups is 1. The van der Waals surface area contributed by atoms with Crippen LogP contribution in [0.15, 0.2) is 24.3 Å². The van der Waals surface area contributed by atoms with E-state index in [1.807, 2.05) is 24.1 Å². The highest BCUT2D eigenvalue weighted by molar-refractivity contribution is 5.76. The first-order chi connectivity index (χ1) is 10.6. The lowest BCUT2D eigenvalue weighted by molar-refractivity contribution is -0.132. The summed E-state index contributed by atoms with van der Waals surface area (Å²) in [5.74, 6) is 1.06. The Labute approximate surface area is 133 Å². The minimum Gasteiger partial charge on any atom is -0.497 e. The Bertz CT molecular complexity index is 466. The molecule has 0 aliphatic carbocycles. The van der Waals surface area contributed by atoms with Gasteiger partial charge in [0, 0.05) is 26.1 Å². The van der Waals surface area contributed by atoms with Crippen molar-refractivity contribution < 1.29 is 14.3 Å². The zero-order chi connectivity index (χ0) is 15.9. The number of ether oxygens (including phenoxy) is 2. The quantitative estimate of drug-likeness (QED) is 0.777. The van der Waals surface area contributed by atoms with Crippen LogP contribution in [0.2, 0.25) is 0 Å². The smallest absolute Gasteiger partial charge is 0.222 e. The molecule has 1 aromatic rings. The van der Waals surface area contributed by atoms with E-state index >= 15 is 0 Å². The average Bonchev–Trinajstić information content (AvgIpc) is 3.06. The van der Waals surface area contributed by atoms with E-state index in [1.165, 1.54) is 5.56 Å². The Hall–Kier alpha value is -1.55. The number of nitrogens with zero attached hydrogens (tertiary/aromatic N) is 1. The van der Waals surface area contributed by atoms with Crippen LogP contribution in [0.1, 0.15) is 38.2 Å². The lowest BCUT2D eigenvalue weighted by Crippen LogP contribution is -2.36. The molecule has 0 aromatic heterocycles. The number of methoxy groups -OCH3 is 1. The predicted octanol–water partition coefficient (Wildman–Crippen LogP) is 3.04. The Morgan fingerprint density at radius 1 is 1.41 bits per heavy atom. The highest BCUT2D eigenvalue weighted by Crippen LogP contribution is 2.18. The first-order valence-corrected chi connectivity index (χ1v) is 8.10. The zero-order valence-corrected chi connectivity index (χ0v) is 13.9. The van der Waals surface area contributed by atoms with Crippen LogP contribution in [-0.4, -0.2) is 43.7 Å². The molecule has 1 saturated heterocycles. The monoisotopic (exact) mass is 305 g/mol. The van der Waals surface area contributed by atoms with E-state index in [9.17, 15) is 4.79 Å². The van der Waals surface area contributed by atoms with Crippen LogP contribution in [0.3, 0.4) is 0 Å². The van der Waals surface area contributed by atoms with Crippen molar-refractivity contribution >= 4 is 5.91 Å². The highest BCUT2D eigenvalue weighted by atomic mass is 16.5. The Balaban J connectivity index is 1.79. The Kier molecular flexibility index (Phi) is 6.25. The number of benzene rings is 1. The van der Waals surface area contributed by atoms with Gasteiger partial charge in [0.2, 0.25) is 5.91 Å².